The van der Waals surface area contributed by atoms with Gasteiger partial charge in [0.2, 0.25) is 5.89 Å². The largest absolute Gasteiger partial charge is 0.490 e. The first kappa shape index (κ1) is 14.0. The minimum absolute atomic E-state index is 0.0322. The predicted octanol–water partition coefficient (Wildman–Crippen LogP) is 2.10. The van der Waals surface area contributed by atoms with Gasteiger partial charge < -0.3 is 14.3 Å². The van der Waals surface area contributed by atoms with Crippen LogP contribution in [0.15, 0.2) is 22.6 Å². The molecule has 0 aliphatic heterocycles. The number of nitro groups is 1. The minimum atomic E-state index is -0.521. The number of rotatable bonds is 5. The topological polar surface area (TPSA) is 98.6 Å². The molecule has 1 aromatic carbocycles. The van der Waals surface area contributed by atoms with Crippen LogP contribution in [0.4, 0.5) is 5.69 Å². The maximum Gasteiger partial charge on any atom is 0.311 e. The molecular weight excluding hydrogens is 264 g/mol. The van der Waals surface area contributed by atoms with Crippen molar-refractivity contribution in [1.82, 2.24) is 4.98 Å². The molecule has 7 heteroatoms. The van der Waals surface area contributed by atoms with Crippen LogP contribution in [0.2, 0.25) is 0 Å². The second kappa shape index (κ2) is 5.70. The van der Waals surface area contributed by atoms with E-state index in [1.54, 1.807) is 13.0 Å². The number of oxazole rings is 1. The summed E-state index contributed by atoms with van der Waals surface area (Å²) in [5.74, 6) is 1.06. The average Bonchev–Trinajstić information content (AvgIpc) is 2.80. The molecule has 7 nitrogen and oxygen atoms in total. The van der Waals surface area contributed by atoms with Gasteiger partial charge in [0.1, 0.15) is 5.76 Å². The second-order valence-corrected chi connectivity index (χ2v) is 4.14. The van der Waals surface area contributed by atoms with Gasteiger partial charge >= 0.3 is 5.69 Å². The second-order valence-electron chi connectivity index (χ2n) is 4.14. The first-order chi connectivity index (χ1) is 9.56. The number of aliphatic hydroxyl groups excluding tert-OH is 1. The van der Waals surface area contributed by atoms with Crippen LogP contribution in [-0.4, -0.2) is 28.7 Å². The monoisotopic (exact) mass is 278 g/mol. The predicted molar refractivity (Wildman–Crippen MR) is 70.7 cm³/mol. The van der Waals surface area contributed by atoms with E-state index in [4.69, 9.17) is 14.3 Å². The molecule has 0 saturated carbocycles. The van der Waals surface area contributed by atoms with Gasteiger partial charge in [0.25, 0.3) is 0 Å². The summed E-state index contributed by atoms with van der Waals surface area (Å²) >= 11 is 0. The van der Waals surface area contributed by atoms with Gasteiger partial charge in [-0.05, 0) is 19.1 Å². The van der Waals surface area contributed by atoms with E-state index in [9.17, 15) is 10.1 Å². The summed E-state index contributed by atoms with van der Waals surface area (Å²) in [5, 5.41) is 19.9. The molecule has 106 valence electrons. The van der Waals surface area contributed by atoms with E-state index in [-0.39, 0.29) is 23.9 Å². The molecule has 0 unspecified atom stereocenters. The highest BCUT2D eigenvalue weighted by molar-refractivity contribution is 5.62. The van der Waals surface area contributed by atoms with Crippen molar-refractivity contribution >= 4 is 5.69 Å². The van der Waals surface area contributed by atoms with Crippen LogP contribution in [0.25, 0.3) is 11.5 Å². The Morgan fingerprint density at radius 1 is 1.50 bits per heavy atom. The van der Waals surface area contributed by atoms with Crippen LogP contribution in [0, 0.1) is 17.0 Å². The summed E-state index contributed by atoms with van der Waals surface area (Å²) in [6.45, 7) is 1.70. The maximum atomic E-state index is 11.0. The molecule has 2 aromatic rings. The van der Waals surface area contributed by atoms with E-state index in [1.807, 2.05) is 0 Å². The Morgan fingerprint density at radius 2 is 2.25 bits per heavy atom. The fourth-order valence-electron chi connectivity index (χ4n) is 1.86. The van der Waals surface area contributed by atoms with Crippen molar-refractivity contribution in [3.63, 3.8) is 0 Å². The first-order valence-electron chi connectivity index (χ1n) is 5.96. The SMILES string of the molecule is COc1ccc(-c2nc(CCO)c(C)o2)cc1[N+](=O)[O-]. The third-order valence-corrected chi connectivity index (χ3v) is 2.86. The van der Waals surface area contributed by atoms with Crippen LogP contribution in [0.5, 0.6) is 5.75 Å². The Kier molecular flexibility index (Phi) is 3.99. The number of ether oxygens (including phenoxy) is 1. The standard InChI is InChI=1S/C13H14N2O5/c1-8-10(5-6-16)14-13(20-8)9-3-4-12(19-2)11(7-9)15(17)18/h3-4,7,16H,5-6H2,1-2H3. The number of nitrogens with zero attached hydrogens (tertiary/aromatic N) is 2. The maximum absolute atomic E-state index is 11.0. The number of hydrogen-bond acceptors (Lipinski definition) is 6. The number of aryl methyl sites for hydroxylation is 1. The van der Waals surface area contributed by atoms with E-state index in [2.05, 4.69) is 4.98 Å². The molecule has 0 atom stereocenters. The lowest BCUT2D eigenvalue weighted by Gasteiger charge is -2.02. The normalized spacial score (nSPS) is 10.6. The van der Waals surface area contributed by atoms with Crippen LogP contribution in [-0.2, 0) is 6.42 Å². The summed E-state index contributed by atoms with van der Waals surface area (Å²) in [4.78, 5) is 14.7. The van der Waals surface area contributed by atoms with Gasteiger partial charge in [-0.25, -0.2) is 4.98 Å². The fourth-order valence-corrected chi connectivity index (χ4v) is 1.86. The van der Waals surface area contributed by atoms with Gasteiger partial charge in [-0.1, -0.05) is 0 Å². The summed E-state index contributed by atoms with van der Waals surface area (Å²) in [7, 11) is 1.37. The third kappa shape index (κ3) is 2.62. The van der Waals surface area contributed by atoms with Gasteiger partial charge in [-0.3, -0.25) is 10.1 Å². The highest BCUT2D eigenvalue weighted by Crippen LogP contribution is 2.32. The van der Waals surface area contributed by atoms with Gasteiger partial charge in [0.15, 0.2) is 5.75 Å². The van der Waals surface area contributed by atoms with Gasteiger partial charge in [0.05, 0.1) is 17.7 Å². The molecule has 0 fully saturated rings. The average molecular weight is 278 g/mol. The van der Waals surface area contributed by atoms with Crippen LogP contribution < -0.4 is 4.74 Å². The lowest BCUT2D eigenvalue weighted by atomic mass is 10.2. The summed E-state index contributed by atoms with van der Waals surface area (Å²) < 4.78 is 10.4. The molecule has 1 aromatic heterocycles. The van der Waals surface area contributed by atoms with Crippen molar-refractivity contribution in [2.75, 3.05) is 13.7 Å². The Labute approximate surface area is 115 Å². The van der Waals surface area contributed by atoms with E-state index in [1.165, 1.54) is 19.2 Å². The van der Waals surface area contributed by atoms with Crippen molar-refractivity contribution in [2.45, 2.75) is 13.3 Å². The number of hydrogen-bond donors (Lipinski definition) is 1. The van der Waals surface area contributed by atoms with Gasteiger partial charge in [-0.15, -0.1) is 0 Å². The minimum Gasteiger partial charge on any atom is -0.490 e. The Bertz CT molecular complexity index is 636. The molecular formula is C13H14N2O5. The first-order valence-corrected chi connectivity index (χ1v) is 5.96. The van der Waals surface area contributed by atoms with Crippen molar-refractivity contribution in [3.05, 3.63) is 39.8 Å². The zero-order valence-corrected chi connectivity index (χ0v) is 11.1. The van der Waals surface area contributed by atoms with Crippen molar-refractivity contribution in [3.8, 4) is 17.2 Å². The molecule has 0 amide bonds. The molecule has 0 aliphatic carbocycles. The highest BCUT2D eigenvalue weighted by atomic mass is 16.6. The molecule has 1 N–H and O–H groups in total. The van der Waals surface area contributed by atoms with Crippen molar-refractivity contribution in [1.29, 1.82) is 0 Å². The van der Waals surface area contributed by atoms with E-state index in [0.29, 0.717) is 23.4 Å². The van der Waals surface area contributed by atoms with Crippen molar-refractivity contribution in [2.24, 2.45) is 0 Å². The summed E-state index contributed by atoms with van der Waals surface area (Å²) in [6, 6.07) is 4.49. The number of aliphatic hydroxyl groups is 1. The Hall–Kier alpha value is -2.41. The molecule has 0 saturated heterocycles. The van der Waals surface area contributed by atoms with E-state index in [0.717, 1.165) is 0 Å². The van der Waals surface area contributed by atoms with E-state index < -0.39 is 4.92 Å². The molecule has 0 bridgehead atoms. The number of benzene rings is 1. The lowest BCUT2D eigenvalue weighted by molar-refractivity contribution is -0.385. The number of methoxy groups -OCH3 is 1. The lowest BCUT2D eigenvalue weighted by Crippen LogP contribution is -1.94. The molecule has 2 rings (SSSR count). The Morgan fingerprint density at radius 3 is 2.85 bits per heavy atom. The van der Waals surface area contributed by atoms with Crippen molar-refractivity contribution < 1.29 is 19.2 Å². The molecule has 1 heterocycles. The number of aromatic nitrogens is 1. The molecule has 0 aliphatic rings. The number of nitro benzene ring substituents is 1. The fraction of sp³-hybridized carbons (Fsp3) is 0.308. The molecule has 0 spiro atoms. The quantitative estimate of drug-likeness (QED) is 0.664. The smallest absolute Gasteiger partial charge is 0.311 e. The molecule has 20 heavy (non-hydrogen) atoms. The highest BCUT2D eigenvalue weighted by Gasteiger charge is 2.18. The Balaban J connectivity index is 2.45. The van der Waals surface area contributed by atoms with Gasteiger partial charge in [-0.2, -0.15) is 0 Å². The van der Waals surface area contributed by atoms with Crippen LogP contribution in [0.1, 0.15) is 11.5 Å². The molecule has 0 radical (unpaired) electrons. The van der Waals surface area contributed by atoms with E-state index >= 15 is 0 Å². The van der Waals surface area contributed by atoms with Gasteiger partial charge in [0, 0.05) is 24.7 Å². The zero-order chi connectivity index (χ0) is 14.7. The van der Waals surface area contributed by atoms with Crippen LogP contribution >= 0.6 is 0 Å². The zero-order valence-electron chi connectivity index (χ0n) is 11.1. The third-order valence-electron chi connectivity index (χ3n) is 2.86. The van der Waals surface area contributed by atoms with Crippen LogP contribution in [0.3, 0.4) is 0 Å². The summed E-state index contributed by atoms with van der Waals surface area (Å²) in [5.41, 5.74) is 0.982. The summed E-state index contributed by atoms with van der Waals surface area (Å²) in [6.07, 6.45) is 0.383.